The molecular weight excluding hydrogens is 373 g/mol. The van der Waals surface area contributed by atoms with E-state index in [0.717, 1.165) is 11.1 Å². The summed E-state index contributed by atoms with van der Waals surface area (Å²) < 4.78 is 0. The normalized spacial score (nSPS) is 15.6. The molecular formula is C19H21Cl2N3O2. The summed E-state index contributed by atoms with van der Waals surface area (Å²) in [5, 5.41) is 3.21. The second-order valence-corrected chi connectivity index (χ2v) is 6.48. The molecule has 0 saturated carbocycles. The molecule has 3 rings (SSSR count). The first kappa shape index (κ1) is 20.2. The standard InChI is InChI=1S/C19H20ClN3O2.ClH/c20-16-7-6-14-9-17(13-4-2-1-3-5-13)23(12-15(14)8-16)19(25)11-22-18(24)10-21;/h1-8,17H,9-12,21H2,(H,22,24);1H. The van der Waals surface area contributed by atoms with Gasteiger partial charge in [-0.25, -0.2) is 0 Å². The third-order valence-electron chi connectivity index (χ3n) is 4.43. The smallest absolute Gasteiger partial charge is 0.242 e. The molecule has 2 aromatic carbocycles. The first-order chi connectivity index (χ1) is 12.1. The van der Waals surface area contributed by atoms with E-state index in [1.807, 2.05) is 48.5 Å². The average Bonchev–Trinajstić information content (AvgIpc) is 2.65. The Morgan fingerprint density at radius 1 is 1.15 bits per heavy atom. The molecule has 1 unspecified atom stereocenters. The van der Waals surface area contributed by atoms with Gasteiger partial charge in [0.1, 0.15) is 0 Å². The zero-order valence-electron chi connectivity index (χ0n) is 14.2. The SMILES string of the molecule is Cl.NCC(=O)NCC(=O)N1Cc2cc(Cl)ccc2CC1c1ccccc1. The number of benzene rings is 2. The van der Waals surface area contributed by atoms with Crippen LogP contribution in [0.4, 0.5) is 0 Å². The number of nitrogens with one attached hydrogen (secondary N) is 1. The topological polar surface area (TPSA) is 75.4 Å². The van der Waals surface area contributed by atoms with Crippen molar-refractivity contribution in [3.8, 4) is 0 Å². The zero-order chi connectivity index (χ0) is 17.8. The van der Waals surface area contributed by atoms with Crippen molar-refractivity contribution in [1.82, 2.24) is 10.2 Å². The number of carbonyl (C=O) groups is 2. The molecule has 1 atom stereocenters. The largest absolute Gasteiger partial charge is 0.346 e. The monoisotopic (exact) mass is 393 g/mol. The van der Waals surface area contributed by atoms with E-state index in [-0.39, 0.29) is 43.4 Å². The minimum absolute atomic E-state index is 0. The Morgan fingerprint density at radius 2 is 1.88 bits per heavy atom. The van der Waals surface area contributed by atoms with Crippen molar-refractivity contribution in [3.05, 3.63) is 70.2 Å². The molecule has 1 aliphatic heterocycles. The minimum Gasteiger partial charge on any atom is -0.346 e. The first-order valence-corrected chi connectivity index (χ1v) is 8.54. The Hall–Kier alpha value is -2.08. The van der Waals surface area contributed by atoms with Gasteiger partial charge in [-0.05, 0) is 35.2 Å². The van der Waals surface area contributed by atoms with Crippen molar-refractivity contribution in [2.75, 3.05) is 13.1 Å². The van der Waals surface area contributed by atoms with E-state index in [4.69, 9.17) is 17.3 Å². The fourth-order valence-electron chi connectivity index (χ4n) is 3.14. The highest BCUT2D eigenvalue weighted by molar-refractivity contribution is 6.30. The van der Waals surface area contributed by atoms with Crippen LogP contribution in [-0.2, 0) is 22.6 Å². The van der Waals surface area contributed by atoms with Crippen LogP contribution in [0.25, 0.3) is 0 Å². The lowest BCUT2D eigenvalue weighted by Crippen LogP contribution is -2.45. The highest BCUT2D eigenvalue weighted by Gasteiger charge is 2.30. The minimum atomic E-state index is -0.343. The van der Waals surface area contributed by atoms with Gasteiger partial charge in [0.05, 0.1) is 19.1 Å². The van der Waals surface area contributed by atoms with Crippen molar-refractivity contribution in [2.24, 2.45) is 5.73 Å². The van der Waals surface area contributed by atoms with Crippen LogP contribution in [-0.4, -0.2) is 29.8 Å². The third kappa shape index (κ3) is 4.55. The van der Waals surface area contributed by atoms with Crippen LogP contribution in [0.2, 0.25) is 5.02 Å². The molecule has 1 heterocycles. The third-order valence-corrected chi connectivity index (χ3v) is 4.66. The van der Waals surface area contributed by atoms with Crippen LogP contribution < -0.4 is 11.1 Å². The van der Waals surface area contributed by atoms with E-state index < -0.39 is 0 Å². The van der Waals surface area contributed by atoms with Gasteiger partial charge < -0.3 is 16.0 Å². The van der Waals surface area contributed by atoms with Crippen LogP contribution in [0.1, 0.15) is 22.7 Å². The molecule has 7 heteroatoms. The lowest BCUT2D eigenvalue weighted by Gasteiger charge is -2.37. The maximum atomic E-state index is 12.7. The fourth-order valence-corrected chi connectivity index (χ4v) is 3.33. The maximum absolute atomic E-state index is 12.7. The van der Waals surface area contributed by atoms with E-state index in [9.17, 15) is 9.59 Å². The summed E-state index contributed by atoms with van der Waals surface area (Å²) in [6.07, 6.45) is 0.715. The van der Waals surface area contributed by atoms with E-state index in [1.165, 1.54) is 5.56 Å². The van der Waals surface area contributed by atoms with Gasteiger partial charge in [0, 0.05) is 11.6 Å². The Kier molecular flexibility index (Phi) is 7.03. The Labute approximate surface area is 163 Å². The first-order valence-electron chi connectivity index (χ1n) is 8.17. The summed E-state index contributed by atoms with van der Waals surface area (Å²) in [6, 6.07) is 15.6. The molecule has 1 aliphatic rings. The summed E-state index contributed by atoms with van der Waals surface area (Å²) in [5.74, 6) is -0.480. The molecule has 0 spiro atoms. The summed E-state index contributed by atoms with van der Waals surface area (Å²) in [5.41, 5.74) is 8.58. The Morgan fingerprint density at radius 3 is 2.58 bits per heavy atom. The molecule has 0 aliphatic carbocycles. The predicted octanol–water partition coefficient (Wildman–Crippen LogP) is 2.46. The van der Waals surface area contributed by atoms with E-state index >= 15 is 0 Å². The molecule has 0 radical (unpaired) electrons. The van der Waals surface area contributed by atoms with Crippen molar-refractivity contribution >= 4 is 35.8 Å². The molecule has 5 nitrogen and oxygen atoms in total. The molecule has 0 saturated heterocycles. The summed E-state index contributed by atoms with van der Waals surface area (Å²) in [7, 11) is 0. The van der Waals surface area contributed by atoms with Crippen LogP contribution >= 0.6 is 24.0 Å². The van der Waals surface area contributed by atoms with Crippen LogP contribution in [0.15, 0.2) is 48.5 Å². The highest BCUT2D eigenvalue weighted by atomic mass is 35.5. The Bertz CT molecular complexity index is 784. The Balaban J connectivity index is 0.00000243. The molecule has 0 bridgehead atoms. The number of halogens is 2. The second kappa shape index (κ2) is 9.03. The number of rotatable bonds is 4. The molecule has 138 valence electrons. The van der Waals surface area contributed by atoms with Crippen LogP contribution in [0.5, 0.6) is 0 Å². The van der Waals surface area contributed by atoms with Crippen LogP contribution in [0.3, 0.4) is 0 Å². The number of hydrogen-bond acceptors (Lipinski definition) is 3. The molecule has 2 amide bonds. The number of nitrogens with zero attached hydrogens (tertiary/aromatic N) is 1. The van der Waals surface area contributed by atoms with Crippen molar-refractivity contribution in [2.45, 2.75) is 19.0 Å². The van der Waals surface area contributed by atoms with E-state index in [0.29, 0.717) is 18.0 Å². The number of amides is 2. The van der Waals surface area contributed by atoms with Gasteiger partial charge in [-0.3, -0.25) is 9.59 Å². The summed E-state index contributed by atoms with van der Waals surface area (Å²) >= 11 is 6.10. The maximum Gasteiger partial charge on any atom is 0.242 e. The molecule has 0 fully saturated rings. The van der Waals surface area contributed by atoms with E-state index in [2.05, 4.69) is 5.32 Å². The van der Waals surface area contributed by atoms with Crippen LogP contribution in [0, 0.1) is 0 Å². The van der Waals surface area contributed by atoms with Gasteiger partial charge in [-0.2, -0.15) is 0 Å². The highest BCUT2D eigenvalue weighted by Crippen LogP contribution is 2.34. The van der Waals surface area contributed by atoms with Crippen molar-refractivity contribution in [1.29, 1.82) is 0 Å². The fraction of sp³-hybridized carbons (Fsp3) is 0.263. The molecule has 26 heavy (non-hydrogen) atoms. The number of hydrogen-bond donors (Lipinski definition) is 2. The summed E-state index contributed by atoms with van der Waals surface area (Å²) in [4.78, 5) is 25.9. The van der Waals surface area contributed by atoms with Gasteiger partial charge >= 0.3 is 0 Å². The lowest BCUT2D eigenvalue weighted by atomic mass is 9.90. The predicted molar refractivity (Wildman–Crippen MR) is 104 cm³/mol. The van der Waals surface area contributed by atoms with Crippen molar-refractivity contribution < 1.29 is 9.59 Å². The molecule has 2 aromatic rings. The lowest BCUT2D eigenvalue weighted by molar-refractivity contribution is -0.135. The van der Waals surface area contributed by atoms with Gasteiger partial charge in [-0.15, -0.1) is 12.4 Å². The second-order valence-electron chi connectivity index (χ2n) is 6.05. The average molecular weight is 394 g/mol. The van der Waals surface area contributed by atoms with Crippen molar-refractivity contribution in [3.63, 3.8) is 0 Å². The quantitative estimate of drug-likeness (QED) is 0.837. The summed E-state index contributed by atoms with van der Waals surface area (Å²) in [6.45, 7) is 0.274. The van der Waals surface area contributed by atoms with Gasteiger partial charge in [0.15, 0.2) is 0 Å². The molecule has 0 aromatic heterocycles. The van der Waals surface area contributed by atoms with Gasteiger partial charge in [-0.1, -0.05) is 48.0 Å². The van der Waals surface area contributed by atoms with E-state index in [1.54, 1.807) is 4.90 Å². The zero-order valence-corrected chi connectivity index (χ0v) is 15.7. The van der Waals surface area contributed by atoms with Gasteiger partial charge in [0.2, 0.25) is 11.8 Å². The number of fused-ring (bicyclic) bond motifs is 1. The number of carbonyl (C=O) groups excluding carboxylic acids is 2. The molecule has 3 N–H and O–H groups in total. The number of nitrogens with two attached hydrogens (primary N) is 1. The van der Waals surface area contributed by atoms with Gasteiger partial charge in [0.25, 0.3) is 0 Å².